The van der Waals surface area contributed by atoms with Gasteiger partial charge in [-0.3, -0.25) is 4.79 Å². The molecule has 1 amide bonds. The molecule has 1 N–H and O–H groups in total. The number of amides is 1. The van der Waals surface area contributed by atoms with Gasteiger partial charge in [0.2, 0.25) is 0 Å². The molecule has 22 heavy (non-hydrogen) atoms. The molecule has 3 nitrogen and oxygen atoms in total. The summed E-state index contributed by atoms with van der Waals surface area (Å²) in [5, 5.41) is 12.6. The van der Waals surface area contributed by atoms with Gasteiger partial charge >= 0.3 is 0 Å². The molecule has 0 fully saturated rings. The number of benzene rings is 2. The largest absolute Gasteiger partial charge is 0.320 e. The molecule has 0 aromatic heterocycles. The van der Waals surface area contributed by atoms with Gasteiger partial charge in [-0.05, 0) is 36.8 Å². The maximum absolute atomic E-state index is 12.2. The molecule has 0 atom stereocenters. The Balaban J connectivity index is 2.24. The van der Waals surface area contributed by atoms with Crippen LogP contribution < -0.4 is 5.32 Å². The van der Waals surface area contributed by atoms with E-state index in [1.807, 2.05) is 37.3 Å². The lowest BCUT2D eigenvalue weighted by Gasteiger charge is -2.07. The van der Waals surface area contributed by atoms with Gasteiger partial charge in [0, 0.05) is 5.02 Å². The van der Waals surface area contributed by atoms with Crippen molar-refractivity contribution in [3.8, 4) is 6.07 Å². The van der Waals surface area contributed by atoms with Crippen LogP contribution in [0.5, 0.6) is 0 Å². The molecule has 110 valence electrons. The van der Waals surface area contributed by atoms with Gasteiger partial charge in [0.15, 0.2) is 0 Å². The smallest absolute Gasteiger partial charge is 0.266 e. The molecule has 0 heterocycles. The Kier molecular flexibility index (Phi) is 5.21. The summed E-state index contributed by atoms with van der Waals surface area (Å²) in [6, 6.07) is 14.1. The SMILES string of the molecule is Cc1ccc(/C=C(/C#N)C(=O)Nc2cc(Cl)ccc2Cl)cc1. The maximum atomic E-state index is 12.2. The van der Waals surface area contributed by atoms with E-state index in [1.54, 1.807) is 12.1 Å². The molecule has 0 saturated heterocycles. The molecule has 5 heteroatoms. The second-order valence-corrected chi connectivity index (χ2v) is 5.50. The van der Waals surface area contributed by atoms with Crippen LogP contribution in [0.2, 0.25) is 10.0 Å². The maximum Gasteiger partial charge on any atom is 0.266 e. The molecule has 0 radical (unpaired) electrons. The summed E-state index contributed by atoms with van der Waals surface area (Å²) in [4.78, 5) is 12.2. The Labute approximate surface area is 138 Å². The number of aryl methyl sites for hydroxylation is 1. The summed E-state index contributed by atoms with van der Waals surface area (Å²) in [7, 11) is 0. The summed E-state index contributed by atoms with van der Waals surface area (Å²) in [6.45, 7) is 1.96. The van der Waals surface area contributed by atoms with Crippen LogP contribution in [-0.4, -0.2) is 5.91 Å². The third-order valence-electron chi connectivity index (χ3n) is 2.93. The number of halogens is 2. The fourth-order valence-electron chi connectivity index (χ4n) is 1.76. The van der Waals surface area contributed by atoms with E-state index in [0.29, 0.717) is 15.7 Å². The zero-order chi connectivity index (χ0) is 16.1. The van der Waals surface area contributed by atoms with E-state index in [9.17, 15) is 10.1 Å². The fourth-order valence-corrected chi connectivity index (χ4v) is 2.10. The van der Waals surface area contributed by atoms with Crippen molar-refractivity contribution in [3.05, 3.63) is 69.2 Å². The van der Waals surface area contributed by atoms with Crippen LogP contribution >= 0.6 is 23.2 Å². The fraction of sp³-hybridized carbons (Fsp3) is 0.0588. The number of carbonyl (C=O) groups excluding carboxylic acids is 1. The lowest BCUT2D eigenvalue weighted by Crippen LogP contribution is -2.13. The Morgan fingerprint density at radius 1 is 1.18 bits per heavy atom. The highest BCUT2D eigenvalue weighted by atomic mass is 35.5. The van der Waals surface area contributed by atoms with Gasteiger partial charge in [0.05, 0.1) is 10.7 Å². The average molecular weight is 331 g/mol. The summed E-state index contributed by atoms with van der Waals surface area (Å²) >= 11 is 11.9. The first-order chi connectivity index (χ1) is 10.5. The van der Waals surface area contributed by atoms with Crippen molar-refractivity contribution in [2.24, 2.45) is 0 Å². The number of rotatable bonds is 3. The number of nitrogens with one attached hydrogen (secondary N) is 1. The van der Waals surface area contributed by atoms with Gasteiger partial charge in [-0.1, -0.05) is 53.0 Å². The van der Waals surface area contributed by atoms with Crippen LogP contribution in [-0.2, 0) is 4.79 Å². The number of nitrogens with zero attached hydrogens (tertiary/aromatic N) is 1. The van der Waals surface area contributed by atoms with E-state index in [-0.39, 0.29) is 5.57 Å². The van der Waals surface area contributed by atoms with Crippen LogP contribution in [0.3, 0.4) is 0 Å². The highest BCUT2D eigenvalue weighted by Crippen LogP contribution is 2.25. The number of carbonyl (C=O) groups is 1. The van der Waals surface area contributed by atoms with Crippen LogP contribution in [0.15, 0.2) is 48.0 Å². The van der Waals surface area contributed by atoms with Gasteiger partial charge in [0.25, 0.3) is 5.91 Å². The Bertz CT molecular complexity index is 774. The molecule has 0 spiro atoms. The van der Waals surface area contributed by atoms with Crippen molar-refractivity contribution in [2.75, 3.05) is 5.32 Å². The second-order valence-electron chi connectivity index (χ2n) is 4.66. The molecule has 0 aliphatic heterocycles. The first kappa shape index (κ1) is 16.1. The molecule has 0 unspecified atom stereocenters. The molecule has 2 aromatic carbocycles. The Hall–Kier alpha value is -2.28. The zero-order valence-electron chi connectivity index (χ0n) is 11.7. The lowest BCUT2D eigenvalue weighted by atomic mass is 10.1. The van der Waals surface area contributed by atoms with Crippen molar-refractivity contribution in [2.45, 2.75) is 6.92 Å². The minimum absolute atomic E-state index is 0.0140. The Morgan fingerprint density at radius 2 is 1.86 bits per heavy atom. The molecule has 0 bridgehead atoms. The van der Waals surface area contributed by atoms with E-state index in [0.717, 1.165) is 11.1 Å². The highest BCUT2D eigenvalue weighted by Gasteiger charge is 2.11. The van der Waals surface area contributed by atoms with Crippen molar-refractivity contribution in [1.29, 1.82) is 5.26 Å². The summed E-state index contributed by atoms with van der Waals surface area (Å²) in [6.07, 6.45) is 1.52. The standard InChI is InChI=1S/C17H12Cl2N2O/c1-11-2-4-12(5-3-11)8-13(10-20)17(22)21-16-9-14(18)6-7-15(16)19/h2-9H,1H3,(H,21,22)/b13-8-. The lowest BCUT2D eigenvalue weighted by molar-refractivity contribution is -0.112. The van der Waals surface area contributed by atoms with Gasteiger partial charge < -0.3 is 5.32 Å². The highest BCUT2D eigenvalue weighted by molar-refractivity contribution is 6.36. The van der Waals surface area contributed by atoms with Crippen LogP contribution in [0.4, 0.5) is 5.69 Å². The van der Waals surface area contributed by atoms with E-state index in [4.69, 9.17) is 23.2 Å². The molecular weight excluding hydrogens is 319 g/mol. The third-order valence-corrected chi connectivity index (χ3v) is 3.49. The van der Waals surface area contributed by atoms with Crippen molar-refractivity contribution < 1.29 is 4.79 Å². The van der Waals surface area contributed by atoms with Crippen LogP contribution in [0, 0.1) is 18.3 Å². The number of hydrogen-bond donors (Lipinski definition) is 1. The second kappa shape index (κ2) is 7.13. The first-order valence-electron chi connectivity index (χ1n) is 6.44. The van der Waals surface area contributed by atoms with Gasteiger partial charge in [0.1, 0.15) is 11.6 Å². The molecule has 2 aromatic rings. The van der Waals surface area contributed by atoms with Crippen molar-refractivity contribution in [1.82, 2.24) is 0 Å². The molecule has 0 aliphatic rings. The van der Waals surface area contributed by atoms with Crippen molar-refractivity contribution >= 4 is 40.9 Å². The number of nitriles is 1. The predicted molar refractivity (Wildman–Crippen MR) is 89.9 cm³/mol. The van der Waals surface area contributed by atoms with E-state index < -0.39 is 5.91 Å². The molecule has 2 rings (SSSR count). The number of anilines is 1. The van der Waals surface area contributed by atoms with E-state index in [2.05, 4.69) is 5.32 Å². The van der Waals surface area contributed by atoms with E-state index >= 15 is 0 Å². The summed E-state index contributed by atoms with van der Waals surface area (Å²) < 4.78 is 0. The van der Waals surface area contributed by atoms with Crippen LogP contribution in [0.1, 0.15) is 11.1 Å². The van der Waals surface area contributed by atoms with E-state index in [1.165, 1.54) is 12.1 Å². The third kappa shape index (κ3) is 4.11. The Morgan fingerprint density at radius 3 is 2.50 bits per heavy atom. The zero-order valence-corrected chi connectivity index (χ0v) is 13.2. The summed E-state index contributed by atoms with van der Waals surface area (Å²) in [5.74, 6) is -0.535. The average Bonchev–Trinajstić information content (AvgIpc) is 2.50. The topological polar surface area (TPSA) is 52.9 Å². The van der Waals surface area contributed by atoms with Gasteiger partial charge in [-0.2, -0.15) is 5.26 Å². The van der Waals surface area contributed by atoms with Gasteiger partial charge in [-0.15, -0.1) is 0 Å². The predicted octanol–water partition coefficient (Wildman–Crippen LogP) is 4.85. The quantitative estimate of drug-likeness (QED) is 0.646. The van der Waals surface area contributed by atoms with Crippen molar-refractivity contribution in [3.63, 3.8) is 0 Å². The van der Waals surface area contributed by atoms with Gasteiger partial charge in [-0.25, -0.2) is 0 Å². The molecule has 0 aliphatic carbocycles. The first-order valence-corrected chi connectivity index (χ1v) is 7.20. The minimum atomic E-state index is -0.535. The monoisotopic (exact) mass is 330 g/mol. The minimum Gasteiger partial charge on any atom is -0.320 e. The molecule has 0 saturated carbocycles. The number of hydrogen-bond acceptors (Lipinski definition) is 2. The normalized spacial score (nSPS) is 10.9. The summed E-state index contributed by atoms with van der Waals surface area (Å²) in [5.41, 5.74) is 2.23. The van der Waals surface area contributed by atoms with Crippen LogP contribution in [0.25, 0.3) is 6.08 Å². The molecular formula is C17H12Cl2N2O.